The minimum Gasteiger partial charge on any atom is -0.466 e. The molecule has 0 rings (SSSR count). The first-order valence-corrected chi connectivity index (χ1v) is 6.28. The molecule has 1 N–H and O–H groups in total. The van der Waals surface area contributed by atoms with Crippen molar-refractivity contribution in [1.29, 1.82) is 0 Å². The van der Waals surface area contributed by atoms with E-state index in [0.29, 0.717) is 13.0 Å². The predicted molar refractivity (Wildman–Crippen MR) is 65.2 cm³/mol. The molecule has 0 aliphatic rings. The molecular weight excluding hydrogens is 204 g/mol. The second-order valence-electron chi connectivity index (χ2n) is 5.00. The van der Waals surface area contributed by atoms with Crippen molar-refractivity contribution < 1.29 is 14.6 Å². The van der Waals surface area contributed by atoms with Gasteiger partial charge in [-0.1, -0.05) is 26.7 Å². The van der Waals surface area contributed by atoms with Crippen LogP contribution in [0.3, 0.4) is 0 Å². The lowest BCUT2D eigenvalue weighted by molar-refractivity contribution is -0.143. The first kappa shape index (κ1) is 15.4. The molecular formula is C13H26O3. The number of rotatable bonds is 9. The van der Waals surface area contributed by atoms with E-state index in [1.807, 2.05) is 6.92 Å². The van der Waals surface area contributed by atoms with E-state index in [1.165, 1.54) is 0 Å². The summed E-state index contributed by atoms with van der Waals surface area (Å²) in [6, 6.07) is 0. The van der Waals surface area contributed by atoms with Gasteiger partial charge in [0, 0.05) is 13.0 Å². The zero-order chi connectivity index (χ0) is 12.4. The fourth-order valence-electron chi connectivity index (χ4n) is 1.69. The normalized spacial score (nSPS) is 11.5. The van der Waals surface area contributed by atoms with Crippen molar-refractivity contribution in [3.63, 3.8) is 0 Å². The van der Waals surface area contributed by atoms with Crippen LogP contribution in [0.2, 0.25) is 0 Å². The monoisotopic (exact) mass is 230 g/mol. The molecule has 3 heteroatoms. The second kappa shape index (κ2) is 8.57. The third kappa shape index (κ3) is 8.72. The van der Waals surface area contributed by atoms with E-state index >= 15 is 0 Å². The Balaban J connectivity index is 3.64. The summed E-state index contributed by atoms with van der Waals surface area (Å²) in [6.07, 6.45) is 5.57. The van der Waals surface area contributed by atoms with Gasteiger partial charge in [0.05, 0.1) is 6.61 Å². The summed E-state index contributed by atoms with van der Waals surface area (Å²) < 4.78 is 4.91. The molecule has 16 heavy (non-hydrogen) atoms. The first-order valence-electron chi connectivity index (χ1n) is 6.28. The van der Waals surface area contributed by atoms with Gasteiger partial charge in [-0.05, 0) is 31.6 Å². The van der Waals surface area contributed by atoms with Gasteiger partial charge in [0.25, 0.3) is 0 Å². The molecule has 0 fully saturated rings. The summed E-state index contributed by atoms with van der Waals surface area (Å²) in [5, 5.41) is 8.67. The Morgan fingerprint density at radius 3 is 2.44 bits per heavy atom. The molecule has 0 heterocycles. The fourth-order valence-corrected chi connectivity index (χ4v) is 1.69. The van der Waals surface area contributed by atoms with E-state index in [-0.39, 0.29) is 18.0 Å². The van der Waals surface area contributed by atoms with Gasteiger partial charge < -0.3 is 9.84 Å². The molecule has 96 valence electrons. The first-order chi connectivity index (χ1) is 7.52. The minimum absolute atomic E-state index is 0.0917. The number of hydrogen-bond acceptors (Lipinski definition) is 3. The maximum atomic E-state index is 11.2. The van der Waals surface area contributed by atoms with Crippen molar-refractivity contribution in [2.24, 2.45) is 5.41 Å². The molecule has 0 unspecified atom stereocenters. The van der Waals surface area contributed by atoms with Crippen LogP contribution in [0.1, 0.15) is 59.3 Å². The number of aliphatic hydroxyl groups excluding tert-OH is 1. The number of hydrogen-bond donors (Lipinski definition) is 1. The smallest absolute Gasteiger partial charge is 0.305 e. The highest BCUT2D eigenvalue weighted by Crippen LogP contribution is 2.29. The molecule has 0 saturated carbocycles. The van der Waals surface area contributed by atoms with Crippen molar-refractivity contribution in [2.75, 3.05) is 13.2 Å². The molecule has 0 bridgehead atoms. The van der Waals surface area contributed by atoms with Crippen molar-refractivity contribution >= 4 is 5.97 Å². The molecule has 3 nitrogen and oxygen atoms in total. The number of aliphatic hydroxyl groups is 1. The maximum Gasteiger partial charge on any atom is 0.305 e. The predicted octanol–water partition coefficient (Wildman–Crippen LogP) is 2.91. The topological polar surface area (TPSA) is 46.5 Å². The summed E-state index contributed by atoms with van der Waals surface area (Å²) >= 11 is 0. The summed E-state index contributed by atoms with van der Waals surface area (Å²) in [5.74, 6) is -0.0917. The lowest BCUT2D eigenvalue weighted by atomic mass is 9.82. The molecule has 0 aromatic carbocycles. The van der Waals surface area contributed by atoms with Crippen molar-refractivity contribution in [2.45, 2.75) is 59.3 Å². The van der Waals surface area contributed by atoms with Crippen LogP contribution < -0.4 is 0 Å². The van der Waals surface area contributed by atoms with Crippen molar-refractivity contribution in [3.8, 4) is 0 Å². The van der Waals surface area contributed by atoms with E-state index in [2.05, 4.69) is 13.8 Å². The zero-order valence-electron chi connectivity index (χ0n) is 10.9. The fraction of sp³-hybridized carbons (Fsp3) is 0.923. The molecule has 0 spiro atoms. The van der Waals surface area contributed by atoms with Crippen molar-refractivity contribution in [1.82, 2.24) is 0 Å². The van der Waals surface area contributed by atoms with Gasteiger partial charge in [0.15, 0.2) is 0 Å². The van der Waals surface area contributed by atoms with Crippen LogP contribution in [0, 0.1) is 5.41 Å². The van der Waals surface area contributed by atoms with Crippen LogP contribution in [0.15, 0.2) is 0 Å². The van der Waals surface area contributed by atoms with Crippen LogP contribution in [0.25, 0.3) is 0 Å². The summed E-state index contributed by atoms with van der Waals surface area (Å²) in [7, 11) is 0. The SMILES string of the molecule is CCOC(=O)CCC(C)(C)CCCCCO. The Labute approximate surface area is 99.2 Å². The van der Waals surface area contributed by atoms with Crippen molar-refractivity contribution in [3.05, 3.63) is 0 Å². The highest BCUT2D eigenvalue weighted by Gasteiger charge is 2.19. The van der Waals surface area contributed by atoms with E-state index in [0.717, 1.165) is 32.1 Å². The van der Waals surface area contributed by atoms with Gasteiger partial charge in [-0.2, -0.15) is 0 Å². The summed E-state index contributed by atoms with van der Waals surface area (Å²) in [5.41, 5.74) is 0.197. The molecule has 0 aromatic heterocycles. The second-order valence-corrected chi connectivity index (χ2v) is 5.00. The Bertz CT molecular complexity index is 188. The van der Waals surface area contributed by atoms with Gasteiger partial charge in [0.2, 0.25) is 0 Å². The lowest BCUT2D eigenvalue weighted by Crippen LogP contribution is -2.15. The summed E-state index contributed by atoms with van der Waals surface area (Å²) in [4.78, 5) is 11.2. The number of unbranched alkanes of at least 4 members (excludes halogenated alkanes) is 2. The van der Waals surface area contributed by atoms with Crippen LogP contribution in [0.4, 0.5) is 0 Å². The van der Waals surface area contributed by atoms with Gasteiger partial charge in [0.1, 0.15) is 0 Å². The van der Waals surface area contributed by atoms with E-state index in [9.17, 15) is 4.79 Å². The van der Waals surface area contributed by atoms with E-state index in [4.69, 9.17) is 9.84 Å². The molecule has 0 aromatic rings. The Morgan fingerprint density at radius 2 is 1.88 bits per heavy atom. The Hall–Kier alpha value is -0.570. The number of ether oxygens (including phenoxy) is 1. The highest BCUT2D eigenvalue weighted by molar-refractivity contribution is 5.69. The van der Waals surface area contributed by atoms with E-state index in [1.54, 1.807) is 0 Å². The average molecular weight is 230 g/mol. The molecule has 0 amide bonds. The number of carbonyl (C=O) groups excluding carboxylic acids is 1. The van der Waals surface area contributed by atoms with Gasteiger partial charge in [-0.3, -0.25) is 4.79 Å². The van der Waals surface area contributed by atoms with Crippen LogP contribution in [0.5, 0.6) is 0 Å². The molecule has 0 aliphatic heterocycles. The molecule has 0 radical (unpaired) electrons. The third-order valence-electron chi connectivity index (χ3n) is 2.82. The highest BCUT2D eigenvalue weighted by atomic mass is 16.5. The number of esters is 1. The molecule has 0 saturated heterocycles. The van der Waals surface area contributed by atoms with Crippen LogP contribution in [-0.4, -0.2) is 24.3 Å². The maximum absolute atomic E-state index is 11.2. The van der Waals surface area contributed by atoms with Crippen LogP contribution >= 0.6 is 0 Å². The lowest BCUT2D eigenvalue weighted by Gasteiger charge is -2.24. The van der Waals surface area contributed by atoms with E-state index < -0.39 is 0 Å². The third-order valence-corrected chi connectivity index (χ3v) is 2.82. The summed E-state index contributed by atoms with van der Waals surface area (Å²) in [6.45, 7) is 6.95. The average Bonchev–Trinajstić information content (AvgIpc) is 2.22. The Morgan fingerprint density at radius 1 is 1.19 bits per heavy atom. The zero-order valence-corrected chi connectivity index (χ0v) is 10.9. The standard InChI is InChI=1S/C13H26O3/c1-4-16-12(15)8-10-13(2,3)9-6-5-7-11-14/h14H,4-11H2,1-3H3. The number of carbonyl (C=O) groups is 1. The molecule has 0 aliphatic carbocycles. The van der Waals surface area contributed by atoms with Gasteiger partial charge in [-0.15, -0.1) is 0 Å². The largest absolute Gasteiger partial charge is 0.466 e. The Kier molecular flexibility index (Phi) is 8.26. The van der Waals surface area contributed by atoms with Gasteiger partial charge >= 0.3 is 5.97 Å². The van der Waals surface area contributed by atoms with Gasteiger partial charge in [-0.25, -0.2) is 0 Å². The quantitative estimate of drug-likeness (QED) is 0.489. The minimum atomic E-state index is -0.0917. The van der Waals surface area contributed by atoms with Crippen LogP contribution in [-0.2, 0) is 9.53 Å². The molecule has 0 atom stereocenters.